The summed E-state index contributed by atoms with van der Waals surface area (Å²) >= 11 is 2.67. The zero-order valence-electron chi connectivity index (χ0n) is 18.0. The number of nitrogens with two attached hydrogens (primary N) is 2. The number of nitrogens with zero attached hydrogens (tertiary/aromatic N) is 3. The lowest BCUT2D eigenvalue weighted by Gasteiger charge is -2.49. The van der Waals surface area contributed by atoms with Crippen LogP contribution in [-0.4, -0.2) is 78.6 Å². The number of H-pyrrole nitrogens is 1. The molecule has 3 heterocycles. The van der Waals surface area contributed by atoms with E-state index < -0.39 is 41.1 Å². The Hall–Kier alpha value is -3.56. The number of aromatic nitrogens is 3. The van der Waals surface area contributed by atoms with E-state index in [1.54, 1.807) is 30.5 Å². The molecule has 1 fully saturated rings. The molecule has 2 unspecified atom stereocenters. The van der Waals surface area contributed by atoms with Gasteiger partial charge in [0.15, 0.2) is 6.61 Å². The number of hydrogen-bond acceptors (Lipinski definition) is 10. The maximum absolute atomic E-state index is 12.8. The highest BCUT2D eigenvalue weighted by Crippen LogP contribution is 2.41. The number of benzene rings is 1. The predicted molar refractivity (Wildman–Crippen MR) is 125 cm³/mol. The van der Waals surface area contributed by atoms with E-state index in [4.69, 9.17) is 16.2 Å². The molecule has 7 N–H and O–H groups in total. The lowest BCUT2D eigenvalue weighted by atomic mass is 10.0. The third-order valence-electron chi connectivity index (χ3n) is 5.24. The zero-order valence-corrected chi connectivity index (χ0v) is 19.7. The van der Waals surface area contributed by atoms with Crippen molar-refractivity contribution < 1.29 is 29.0 Å². The van der Waals surface area contributed by atoms with Gasteiger partial charge in [-0.15, -0.1) is 16.9 Å². The largest absolute Gasteiger partial charge is 0.484 e. The highest BCUT2D eigenvalue weighted by atomic mass is 32.2. The molecule has 2 aliphatic heterocycles. The summed E-state index contributed by atoms with van der Waals surface area (Å²) < 4.78 is 5.17. The smallest absolute Gasteiger partial charge is 0.352 e. The Kier molecular flexibility index (Phi) is 7.28. The van der Waals surface area contributed by atoms with E-state index >= 15 is 0 Å². The lowest BCUT2D eigenvalue weighted by molar-refractivity contribution is -0.150. The number of aliphatic carboxylic acids is 1. The van der Waals surface area contributed by atoms with Crippen molar-refractivity contribution >= 4 is 47.2 Å². The van der Waals surface area contributed by atoms with E-state index in [2.05, 4.69) is 20.7 Å². The van der Waals surface area contributed by atoms with Crippen molar-refractivity contribution in [1.82, 2.24) is 25.6 Å². The van der Waals surface area contributed by atoms with Crippen LogP contribution in [0.15, 0.2) is 46.8 Å². The van der Waals surface area contributed by atoms with Crippen LogP contribution in [0.1, 0.15) is 11.6 Å². The highest BCUT2D eigenvalue weighted by Gasteiger charge is 2.54. The Morgan fingerprint density at radius 2 is 2.09 bits per heavy atom. The fourth-order valence-corrected chi connectivity index (χ4v) is 5.81. The van der Waals surface area contributed by atoms with E-state index in [-0.39, 0.29) is 12.3 Å². The minimum absolute atomic E-state index is 0.0731. The zero-order chi connectivity index (χ0) is 25.1. The monoisotopic (exact) mass is 519 g/mol. The fraction of sp³-hybridized carbons (Fsp3) is 0.300. The van der Waals surface area contributed by atoms with E-state index in [1.165, 1.54) is 28.4 Å². The average molecular weight is 520 g/mol. The van der Waals surface area contributed by atoms with Gasteiger partial charge in [0.1, 0.15) is 33.9 Å². The molecule has 13 nitrogen and oxygen atoms in total. The number of β-lactam (4-membered cyclic amide) rings is 1. The number of rotatable bonds is 10. The first kappa shape index (κ1) is 24.6. The second kappa shape index (κ2) is 10.4. The van der Waals surface area contributed by atoms with Gasteiger partial charge in [-0.05, 0) is 23.3 Å². The quantitative estimate of drug-likeness (QED) is 0.194. The Morgan fingerprint density at radius 1 is 1.34 bits per heavy atom. The first-order chi connectivity index (χ1) is 16.8. The minimum Gasteiger partial charge on any atom is -0.484 e. The van der Waals surface area contributed by atoms with Crippen molar-refractivity contribution in [2.45, 2.75) is 22.5 Å². The third kappa shape index (κ3) is 5.26. The number of hydrogen-bond donors (Lipinski definition) is 5. The number of amides is 3. The summed E-state index contributed by atoms with van der Waals surface area (Å²) in [6.45, 7) is -0.279. The second-order valence-electron chi connectivity index (χ2n) is 7.56. The maximum atomic E-state index is 12.8. The van der Waals surface area contributed by atoms with Gasteiger partial charge in [0.25, 0.3) is 11.8 Å². The minimum atomic E-state index is -1.21. The summed E-state index contributed by atoms with van der Waals surface area (Å²) in [4.78, 5) is 49.5. The molecule has 184 valence electrons. The number of carbonyl (C=O) groups excluding carboxylic acids is 3. The van der Waals surface area contributed by atoms with Crippen LogP contribution in [0.25, 0.3) is 0 Å². The number of carboxylic acids is 1. The molecule has 0 bridgehead atoms. The number of thioether (sulfide) groups is 2. The number of primary amides is 1. The van der Waals surface area contributed by atoms with Crippen LogP contribution < -0.4 is 21.5 Å². The summed E-state index contributed by atoms with van der Waals surface area (Å²) in [6, 6.07) is 4.25. The summed E-state index contributed by atoms with van der Waals surface area (Å²) in [6.07, 6.45) is 1.59. The van der Waals surface area contributed by atoms with Crippen molar-refractivity contribution in [3.8, 4) is 5.75 Å². The molecule has 4 rings (SSSR count). The summed E-state index contributed by atoms with van der Waals surface area (Å²) in [5, 5.41) is 22.5. The number of aromatic amines is 1. The molecule has 3 amide bonds. The normalized spacial score (nSPS) is 20.0. The Morgan fingerprint density at radius 3 is 2.71 bits per heavy atom. The van der Waals surface area contributed by atoms with Gasteiger partial charge in [-0.2, -0.15) is 0 Å². The van der Waals surface area contributed by atoms with E-state index in [9.17, 15) is 24.3 Å². The highest BCUT2D eigenvalue weighted by molar-refractivity contribution is 8.01. The van der Waals surface area contributed by atoms with Gasteiger partial charge in [-0.1, -0.05) is 29.1 Å². The molecule has 35 heavy (non-hydrogen) atoms. The van der Waals surface area contributed by atoms with Gasteiger partial charge >= 0.3 is 5.97 Å². The molecule has 0 saturated carbocycles. The van der Waals surface area contributed by atoms with Crippen molar-refractivity contribution in [2.24, 2.45) is 11.5 Å². The summed E-state index contributed by atoms with van der Waals surface area (Å²) in [5.41, 5.74) is 12.1. The second-order valence-corrected chi connectivity index (χ2v) is 9.66. The maximum Gasteiger partial charge on any atom is 0.352 e. The van der Waals surface area contributed by atoms with Crippen LogP contribution in [0.3, 0.4) is 0 Å². The average Bonchev–Trinajstić information content (AvgIpc) is 3.37. The van der Waals surface area contributed by atoms with E-state index in [0.29, 0.717) is 33.4 Å². The van der Waals surface area contributed by atoms with Crippen LogP contribution in [0.5, 0.6) is 5.75 Å². The van der Waals surface area contributed by atoms with E-state index in [1.807, 2.05) is 0 Å². The molecule has 1 aromatic heterocycles. The van der Waals surface area contributed by atoms with Gasteiger partial charge in [-0.25, -0.2) is 4.79 Å². The molecule has 1 aromatic carbocycles. The fourth-order valence-electron chi connectivity index (χ4n) is 3.54. The first-order valence-electron chi connectivity index (χ1n) is 10.2. The molecular weight excluding hydrogens is 498 g/mol. The number of carbonyl (C=O) groups is 4. The summed E-state index contributed by atoms with van der Waals surface area (Å²) in [7, 11) is 0. The molecule has 1 saturated heterocycles. The molecular formula is C20H21N7O6S2. The van der Waals surface area contributed by atoms with E-state index in [0.717, 1.165) is 0 Å². The van der Waals surface area contributed by atoms with Crippen LogP contribution in [0.2, 0.25) is 0 Å². The SMILES string of the molecule is NC(=O)COc1ccc(C(N)C(=O)NC2C(=O)N3C(C(=O)O)=C(CSc4c[nH]nn4)CS[C@@H]23)cc1. The predicted octanol–water partition coefficient (Wildman–Crippen LogP) is -0.800. The Labute approximate surface area is 207 Å². The molecule has 3 atom stereocenters. The van der Waals surface area contributed by atoms with Crippen LogP contribution in [-0.2, 0) is 19.2 Å². The standard InChI is InChI=1S/C20H21N7O6S2/c21-12(28)6-33-11-3-1-9(2-4-11)14(22)17(29)24-15-18(30)27-16(20(31)32)10(8-35-19(15)27)7-34-13-5-23-26-25-13/h1-5,14-15,19H,6-8,22H2,(H2,21,28)(H,24,29)(H,31,32)(H,23,25,26)/t14?,15?,19-/m0/s1. The van der Waals surface area contributed by atoms with Crippen molar-refractivity contribution in [3.63, 3.8) is 0 Å². The van der Waals surface area contributed by atoms with Gasteiger partial charge in [-0.3, -0.25) is 24.4 Å². The van der Waals surface area contributed by atoms with Crippen molar-refractivity contribution in [1.29, 1.82) is 0 Å². The topological polar surface area (TPSA) is 207 Å². The molecule has 0 radical (unpaired) electrons. The van der Waals surface area contributed by atoms with Crippen LogP contribution in [0, 0.1) is 0 Å². The number of nitrogens with one attached hydrogen (secondary N) is 2. The Bertz CT molecular complexity index is 1170. The third-order valence-corrected chi connectivity index (χ3v) is 7.57. The molecule has 15 heteroatoms. The van der Waals surface area contributed by atoms with Gasteiger partial charge in [0, 0.05) is 11.5 Å². The van der Waals surface area contributed by atoms with Gasteiger partial charge in [0.2, 0.25) is 5.91 Å². The molecule has 0 aliphatic carbocycles. The van der Waals surface area contributed by atoms with Crippen LogP contribution in [0.4, 0.5) is 0 Å². The van der Waals surface area contributed by atoms with Gasteiger partial charge < -0.3 is 26.6 Å². The van der Waals surface area contributed by atoms with Crippen LogP contribution >= 0.6 is 23.5 Å². The Balaban J connectivity index is 1.39. The number of fused-ring (bicyclic) bond motifs is 1. The lowest BCUT2D eigenvalue weighted by Crippen LogP contribution is -2.71. The summed E-state index contributed by atoms with van der Waals surface area (Å²) in [5.74, 6) is -1.83. The molecule has 2 aromatic rings. The van der Waals surface area contributed by atoms with Crippen molar-refractivity contribution in [3.05, 3.63) is 47.3 Å². The van der Waals surface area contributed by atoms with Crippen molar-refractivity contribution in [2.75, 3.05) is 18.1 Å². The molecule has 0 spiro atoms. The number of ether oxygens (including phenoxy) is 1. The molecule has 2 aliphatic rings. The number of carboxylic acid groups (broad SMARTS) is 1. The van der Waals surface area contributed by atoms with Gasteiger partial charge in [0.05, 0.1) is 6.20 Å². The first-order valence-corrected chi connectivity index (χ1v) is 12.3.